The number of rotatable bonds is 5. The molecule has 0 unspecified atom stereocenters. The fraction of sp³-hybridized carbons (Fsp3) is 0.222. The number of ether oxygens (including phenoxy) is 1. The lowest BCUT2D eigenvalue weighted by atomic mass is 10.2. The highest BCUT2D eigenvalue weighted by Crippen LogP contribution is 2.30. The molecule has 1 aromatic carbocycles. The maximum absolute atomic E-state index is 11.9. The Balaban J connectivity index is 2.24. The van der Waals surface area contributed by atoms with Crippen molar-refractivity contribution in [3.8, 4) is 17.4 Å². The molecule has 0 aliphatic heterocycles. The van der Waals surface area contributed by atoms with Crippen molar-refractivity contribution in [1.82, 2.24) is 0 Å². The molecule has 1 aromatic heterocycles. The van der Waals surface area contributed by atoms with E-state index in [0.29, 0.717) is 28.0 Å². The van der Waals surface area contributed by atoms with Crippen molar-refractivity contribution in [2.75, 3.05) is 0 Å². The number of nitrogens with zero attached hydrogens (tertiary/aromatic N) is 1. The lowest BCUT2D eigenvalue weighted by Gasteiger charge is -2.09. The summed E-state index contributed by atoms with van der Waals surface area (Å²) < 4.78 is 10.8. The van der Waals surface area contributed by atoms with Crippen LogP contribution in [0.25, 0.3) is 17.4 Å². The van der Waals surface area contributed by atoms with Crippen molar-refractivity contribution >= 4 is 35.2 Å². The second-order valence-corrected chi connectivity index (χ2v) is 5.94. The molecule has 1 heterocycles. The zero-order valence-corrected chi connectivity index (χ0v) is 14.7. The molecule has 0 fully saturated rings. The van der Waals surface area contributed by atoms with E-state index in [4.69, 9.17) is 37.6 Å². The maximum atomic E-state index is 11.9. The minimum absolute atomic E-state index is 0.120. The second kappa shape index (κ2) is 8.05. The molecule has 0 bridgehead atoms. The van der Waals surface area contributed by atoms with E-state index in [1.54, 1.807) is 37.3 Å². The van der Waals surface area contributed by atoms with Crippen LogP contribution in [0, 0.1) is 11.3 Å². The van der Waals surface area contributed by atoms with Crippen LogP contribution in [0.3, 0.4) is 0 Å². The van der Waals surface area contributed by atoms with Gasteiger partial charge in [0.1, 0.15) is 23.2 Å². The Morgan fingerprint density at radius 2 is 2.08 bits per heavy atom. The van der Waals surface area contributed by atoms with Gasteiger partial charge in [0.25, 0.3) is 0 Å². The number of halogens is 2. The standard InChI is InChI=1S/C18H15Cl2NO3/c1-3-11(2)23-18(22)13(10-21)8-14-5-7-17(24-14)12-4-6-15(19)16(20)9-12/h4-9,11H,3H2,1-2H3/b13-8+/t11-/m0/s1. The Morgan fingerprint density at radius 1 is 1.33 bits per heavy atom. The normalized spacial score (nSPS) is 12.5. The summed E-state index contributed by atoms with van der Waals surface area (Å²) in [6, 6.07) is 10.3. The van der Waals surface area contributed by atoms with Crippen LogP contribution in [0.4, 0.5) is 0 Å². The Bertz CT molecular complexity index is 818. The van der Waals surface area contributed by atoms with Gasteiger partial charge in [-0.05, 0) is 43.7 Å². The van der Waals surface area contributed by atoms with Crippen LogP contribution in [-0.2, 0) is 9.53 Å². The van der Waals surface area contributed by atoms with Gasteiger partial charge in [-0.25, -0.2) is 4.79 Å². The fourth-order valence-electron chi connectivity index (χ4n) is 1.84. The average Bonchev–Trinajstić information content (AvgIpc) is 3.03. The lowest BCUT2D eigenvalue weighted by molar-refractivity contribution is -0.142. The molecule has 1 atom stereocenters. The molecule has 4 nitrogen and oxygen atoms in total. The van der Waals surface area contributed by atoms with Crippen LogP contribution >= 0.6 is 23.2 Å². The van der Waals surface area contributed by atoms with E-state index in [0.717, 1.165) is 5.56 Å². The van der Waals surface area contributed by atoms with E-state index in [-0.39, 0.29) is 11.7 Å². The first-order chi connectivity index (χ1) is 11.4. The molecule has 0 aliphatic carbocycles. The third-order valence-electron chi connectivity index (χ3n) is 3.34. The summed E-state index contributed by atoms with van der Waals surface area (Å²) in [6.45, 7) is 3.66. The number of carbonyl (C=O) groups is 1. The molecule has 0 amide bonds. The Morgan fingerprint density at radius 3 is 2.71 bits per heavy atom. The van der Waals surface area contributed by atoms with E-state index in [9.17, 15) is 4.79 Å². The van der Waals surface area contributed by atoms with Crippen molar-refractivity contribution in [2.24, 2.45) is 0 Å². The van der Waals surface area contributed by atoms with Gasteiger partial charge in [-0.1, -0.05) is 30.1 Å². The fourth-order valence-corrected chi connectivity index (χ4v) is 2.14. The van der Waals surface area contributed by atoms with Gasteiger partial charge < -0.3 is 9.15 Å². The summed E-state index contributed by atoms with van der Waals surface area (Å²) in [4.78, 5) is 11.9. The third kappa shape index (κ3) is 4.41. The summed E-state index contributed by atoms with van der Waals surface area (Å²) in [6.07, 6.45) is 1.77. The highest BCUT2D eigenvalue weighted by atomic mass is 35.5. The predicted molar refractivity (Wildman–Crippen MR) is 93.6 cm³/mol. The Kier molecular flexibility index (Phi) is 6.08. The van der Waals surface area contributed by atoms with Crippen LogP contribution in [0.1, 0.15) is 26.0 Å². The molecular formula is C18H15Cl2NO3. The molecule has 0 radical (unpaired) electrons. The second-order valence-electron chi connectivity index (χ2n) is 5.12. The monoisotopic (exact) mass is 363 g/mol. The number of furan rings is 1. The van der Waals surface area contributed by atoms with Gasteiger partial charge in [0.2, 0.25) is 0 Å². The Labute approximate surface area is 150 Å². The van der Waals surface area contributed by atoms with Gasteiger partial charge in [0.05, 0.1) is 16.1 Å². The molecule has 2 rings (SSSR count). The number of hydrogen-bond donors (Lipinski definition) is 0. The van der Waals surface area contributed by atoms with Gasteiger partial charge in [-0.2, -0.15) is 5.26 Å². The number of esters is 1. The third-order valence-corrected chi connectivity index (χ3v) is 4.08. The first-order valence-electron chi connectivity index (χ1n) is 7.32. The molecule has 124 valence electrons. The van der Waals surface area contributed by atoms with Crippen LogP contribution in [0.2, 0.25) is 10.0 Å². The molecule has 0 spiro atoms. The minimum atomic E-state index is -0.667. The first-order valence-corrected chi connectivity index (χ1v) is 8.08. The van der Waals surface area contributed by atoms with Gasteiger partial charge in [-0.3, -0.25) is 0 Å². The molecule has 0 saturated heterocycles. The van der Waals surface area contributed by atoms with E-state index in [1.807, 2.05) is 13.0 Å². The molecule has 6 heteroatoms. The summed E-state index contributed by atoms with van der Waals surface area (Å²) in [7, 11) is 0. The number of carbonyl (C=O) groups excluding carboxylic acids is 1. The van der Waals surface area contributed by atoms with E-state index >= 15 is 0 Å². The number of hydrogen-bond acceptors (Lipinski definition) is 4. The zero-order valence-electron chi connectivity index (χ0n) is 13.2. The van der Waals surface area contributed by atoms with E-state index < -0.39 is 5.97 Å². The predicted octanol–water partition coefficient (Wildman–Crippen LogP) is 5.50. The van der Waals surface area contributed by atoms with Crippen LogP contribution in [0.5, 0.6) is 0 Å². The van der Waals surface area contributed by atoms with Crippen LogP contribution < -0.4 is 0 Å². The van der Waals surface area contributed by atoms with Crippen molar-refractivity contribution in [3.63, 3.8) is 0 Å². The van der Waals surface area contributed by atoms with Gasteiger partial charge in [0, 0.05) is 11.6 Å². The molecular weight excluding hydrogens is 349 g/mol. The maximum Gasteiger partial charge on any atom is 0.349 e. The molecule has 24 heavy (non-hydrogen) atoms. The molecule has 2 aromatic rings. The minimum Gasteiger partial charge on any atom is -0.459 e. The van der Waals surface area contributed by atoms with E-state index in [2.05, 4.69) is 0 Å². The largest absolute Gasteiger partial charge is 0.459 e. The van der Waals surface area contributed by atoms with Crippen LogP contribution in [-0.4, -0.2) is 12.1 Å². The number of benzene rings is 1. The van der Waals surface area contributed by atoms with Gasteiger partial charge in [-0.15, -0.1) is 0 Å². The number of nitriles is 1. The van der Waals surface area contributed by atoms with Crippen molar-refractivity contribution in [3.05, 3.63) is 51.7 Å². The van der Waals surface area contributed by atoms with E-state index in [1.165, 1.54) is 6.08 Å². The smallest absolute Gasteiger partial charge is 0.349 e. The highest BCUT2D eigenvalue weighted by Gasteiger charge is 2.15. The quantitative estimate of drug-likeness (QED) is 0.399. The van der Waals surface area contributed by atoms with Gasteiger partial charge in [0.15, 0.2) is 0 Å². The topological polar surface area (TPSA) is 63.2 Å². The summed E-state index contributed by atoms with van der Waals surface area (Å²) >= 11 is 11.9. The molecule has 0 saturated carbocycles. The zero-order chi connectivity index (χ0) is 17.7. The van der Waals surface area contributed by atoms with Crippen molar-refractivity contribution in [1.29, 1.82) is 5.26 Å². The first kappa shape index (κ1) is 18.1. The lowest BCUT2D eigenvalue weighted by Crippen LogP contribution is -2.15. The average molecular weight is 364 g/mol. The molecule has 0 N–H and O–H groups in total. The van der Waals surface area contributed by atoms with Crippen molar-refractivity contribution in [2.45, 2.75) is 26.4 Å². The molecule has 0 aliphatic rings. The highest BCUT2D eigenvalue weighted by molar-refractivity contribution is 6.42. The van der Waals surface area contributed by atoms with Crippen LogP contribution in [0.15, 0.2) is 40.3 Å². The summed E-state index contributed by atoms with van der Waals surface area (Å²) in [5.41, 5.74) is 0.620. The van der Waals surface area contributed by atoms with Gasteiger partial charge >= 0.3 is 5.97 Å². The Hall–Kier alpha value is -2.22. The van der Waals surface area contributed by atoms with Crippen molar-refractivity contribution < 1.29 is 13.9 Å². The summed E-state index contributed by atoms with van der Waals surface area (Å²) in [5.74, 6) is 0.250. The summed E-state index contributed by atoms with van der Waals surface area (Å²) in [5, 5.41) is 10.0. The SMILES string of the molecule is CC[C@H](C)OC(=O)/C(C#N)=C/c1ccc(-c2ccc(Cl)c(Cl)c2)o1.